The molecule has 2 heterocycles. The van der Waals surface area contributed by atoms with Crippen molar-refractivity contribution in [1.29, 1.82) is 0 Å². The van der Waals surface area contributed by atoms with Crippen molar-refractivity contribution >= 4 is 28.8 Å². The Morgan fingerprint density at radius 1 is 1.03 bits per heavy atom. The van der Waals surface area contributed by atoms with E-state index < -0.39 is 0 Å². The van der Waals surface area contributed by atoms with Crippen molar-refractivity contribution in [2.45, 2.75) is 25.4 Å². The number of anilines is 1. The highest BCUT2D eigenvalue weighted by Gasteiger charge is 2.22. The number of hydrogen-bond donors (Lipinski definition) is 2. The third-order valence-electron chi connectivity index (χ3n) is 5.64. The molecule has 4 rings (SSSR count). The average molecular weight is 450 g/mol. The van der Waals surface area contributed by atoms with Crippen molar-refractivity contribution in [1.82, 2.24) is 10.2 Å². The van der Waals surface area contributed by atoms with Crippen LogP contribution in [0.1, 0.15) is 38.4 Å². The molecule has 2 aromatic carbocycles. The van der Waals surface area contributed by atoms with Crippen LogP contribution in [-0.4, -0.2) is 43.0 Å². The molecular weight excluding hydrogens is 422 g/mol. The summed E-state index contributed by atoms with van der Waals surface area (Å²) in [6.45, 7) is 2.68. The van der Waals surface area contributed by atoms with Crippen molar-refractivity contribution in [3.63, 3.8) is 0 Å². The quantitative estimate of drug-likeness (QED) is 0.561. The fraction of sp³-hybridized carbons (Fsp3) is 0.280. The van der Waals surface area contributed by atoms with Crippen LogP contribution in [0, 0.1) is 0 Å². The van der Waals surface area contributed by atoms with Gasteiger partial charge >= 0.3 is 0 Å². The van der Waals surface area contributed by atoms with E-state index in [0.717, 1.165) is 38.2 Å². The van der Waals surface area contributed by atoms with Gasteiger partial charge in [0.2, 0.25) is 0 Å². The Morgan fingerprint density at radius 3 is 2.59 bits per heavy atom. The molecule has 0 atom stereocenters. The zero-order chi connectivity index (χ0) is 22.3. The second kappa shape index (κ2) is 10.4. The molecule has 1 aromatic heterocycles. The van der Waals surface area contributed by atoms with Gasteiger partial charge in [-0.15, -0.1) is 11.3 Å². The molecule has 166 valence electrons. The smallest absolute Gasteiger partial charge is 0.265 e. The monoisotopic (exact) mass is 449 g/mol. The Balaban J connectivity index is 1.29. The maximum absolute atomic E-state index is 12.8. The molecule has 0 bridgehead atoms. The van der Waals surface area contributed by atoms with Crippen molar-refractivity contribution in [2.24, 2.45) is 0 Å². The van der Waals surface area contributed by atoms with E-state index in [1.54, 1.807) is 37.4 Å². The number of nitrogens with one attached hydrogen (secondary N) is 2. The van der Waals surface area contributed by atoms with Gasteiger partial charge in [0, 0.05) is 42.5 Å². The highest BCUT2D eigenvalue weighted by atomic mass is 32.1. The first-order valence-corrected chi connectivity index (χ1v) is 11.6. The first kappa shape index (κ1) is 22.0. The molecule has 2 amide bonds. The Labute approximate surface area is 192 Å². The molecule has 3 aromatic rings. The predicted octanol–water partition coefficient (Wildman–Crippen LogP) is 4.40. The van der Waals surface area contributed by atoms with E-state index in [0.29, 0.717) is 16.1 Å². The third kappa shape index (κ3) is 5.55. The van der Waals surface area contributed by atoms with Crippen molar-refractivity contribution < 1.29 is 14.3 Å². The molecule has 6 nitrogen and oxygen atoms in total. The van der Waals surface area contributed by atoms with Crippen LogP contribution in [0.15, 0.2) is 66.0 Å². The molecule has 0 saturated carbocycles. The van der Waals surface area contributed by atoms with Crippen LogP contribution >= 0.6 is 11.3 Å². The van der Waals surface area contributed by atoms with Crippen molar-refractivity contribution in [2.75, 3.05) is 25.5 Å². The molecule has 1 aliphatic heterocycles. The van der Waals surface area contributed by atoms with E-state index in [9.17, 15) is 9.59 Å². The summed E-state index contributed by atoms with van der Waals surface area (Å²) in [7, 11) is 1.70. The van der Waals surface area contributed by atoms with E-state index in [-0.39, 0.29) is 17.9 Å². The minimum atomic E-state index is -0.167. The van der Waals surface area contributed by atoms with Gasteiger partial charge in [0.1, 0.15) is 5.75 Å². The number of likely N-dealkylation sites (tertiary alicyclic amines) is 1. The van der Waals surface area contributed by atoms with Crippen LogP contribution < -0.4 is 15.4 Å². The molecule has 2 N–H and O–H groups in total. The average Bonchev–Trinajstić information content (AvgIpc) is 3.36. The van der Waals surface area contributed by atoms with E-state index >= 15 is 0 Å². The summed E-state index contributed by atoms with van der Waals surface area (Å²) in [6, 6.07) is 18.9. The lowest BCUT2D eigenvalue weighted by molar-refractivity contribution is 0.0908. The Kier molecular flexibility index (Phi) is 7.19. The Hall–Kier alpha value is -3.16. The number of hydrogen-bond acceptors (Lipinski definition) is 5. The molecule has 1 fully saturated rings. The van der Waals surface area contributed by atoms with Crippen molar-refractivity contribution in [3.05, 3.63) is 82.0 Å². The Morgan fingerprint density at radius 2 is 1.84 bits per heavy atom. The van der Waals surface area contributed by atoms with Gasteiger partial charge < -0.3 is 15.4 Å². The van der Waals surface area contributed by atoms with E-state index in [1.165, 1.54) is 16.9 Å². The van der Waals surface area contributed by atoms with Crippen LogP contribution in [0.25, 0.3) is 0 Å². The van der Waals surface area contributed by atoms with Gasteiger partial charge in [0.05, 0.1) is 12.0 Å². The van der Waals surface area contributed by atoms with Crippen LogP contribution in [0.3, 0.4) is 0 Å². The zero-order valence-electron chi connectivity index (χ0n) is 18.0. The molecule has 0 spiro atoms. The van der Waals surface area contributed by atoms with Gasteiger partial charge in [0.25, 0.3) is 11.8 Å². The molecular formula is C25H27N3O3S. The predicted molar refractivity (Wildman–Crippen MR) is 127 cm³/mol. The van der Waals surface area contributed by atoms with E-state index in [2.05, 4.69) is 21.6 Å². The normalized spacial score (nSPS) is 14.7. The van der Waals surface area contributed by atoms with Crippen LogP contribution in [0.2, 0.25) is 0 Å². The van der Waals surface area contributed by atoms with Crippen LogP contribution in [-0.2, 0) is 6.54 Å². The molecule has 0 aliphatic carbocycles. The van der Waals surface area contributed by atoms with Crippen LogP contribution in [0.5, 0.6) is 5.75 Å². The molecule has 0 unspecified atom stereocenters. The number of carbonyl (C=O) groups is 2. The fourth-order valence-corrected chi connectivity index (χ4v) is 4.54. The highest BCUT2D eigenvalue weighted by Crippen LogP contribution is 2.22. The minimum Gasteiger partial charge on any atom is -0.496 e. The van der Waals surface area contributed by atoms with Crippen LogP contribution in [0.4, 0.5) is 5.69 Å². The number of amides is 2. The topological polar surface area (TPSA) is 70.7 Å². The summed E-state index contributed by atoms with van der Waals surface area (Å²) < 4.78 is 5.45. The SMILES string of the molecule is COc1ccccc1CN1CCC(NC(=O)c2cccc(NC(=O)c3cccs3)c2)CC1. The highest BCUT2D eigenvalue weighted by molar-refractivity contribution is 7.12. The lowest BCUT2D eigenvalue weighted by Gasteiger charge is -2.32. The number of rotatable bonds is 7. The van der Waals surface area contributed by atoms with E-state index in [1.807, 2.05) is 29.6 Å². The zero-order valence-corrected chi connectivity index (χ0v) is 18.9. The van der Waals surface area contributed by atoms with Gasteiger partial charge in [-0.2, -0.15) is 0 Å². The number of methoxy groups -OCH3 is 1. The van der Waals surface area contributed by atoms with E-state index in [4.69, 9.17) is 4.74 Å². The second-order valence-corrected chi connectivity index (χ2v) is 8.80. The number of nitrogens with zero attached hydrogens (tertiary/aromatic N) is 1. The van der Waals surface area contributed by atoms with Crippen molar-refractivity contribution in [3.8, 4) is 5.75 Å². The number of para-hydroxylation sites is 1. The molecule has 32 heavy (non-hydrogen) atoms. The van der Waals surface area contributed by atoms with Gasteiger partial charge in [0.15, 0.2) is 0 Å². The first-order chi connectivity index (χ1) is 15.6. The molecule has 1 saturated heterocycles. The summed E-state index contributed by atoms with van der Waals surface area (Å²) in [5.41, 5.74) is 2.34. The molecule has 1 aliphatic rings. The van der Waals surface area contributed by atoms with Gasteiger partial charge in [-0.05, 0) is 48.6 Å². The molecule has 0 radical (unpaired) electrons. The second-order valence-electron chi connectivity index (χ2n) is 7.85. The number of piperidine rings is 1. The van der Waals surface area contributed by atoms with Gasteiger partial charge in [-0.25, -0.2) is 0 Å². The summed E-state index contributed by atoms with van der Waals surface area (Å²) >= 11 is 1.38. The summed E-state index contributed by atoms with van der Waals surface area (Å²) in [5.74, 6) is 0.634. The standard InChI is InChI=1S/C25H27N3O3S/c1-31-22-9-3-2-6-19(22)17-28-13-11-20(12-14-28)26-24(29)18-7-4-8-21(16-18)27-25(30)23-10-5-15-32-23/h2-10,15-16,20H,11-14,17H2,1H3,(H,26,29)(H,27,30). The minimum absolute atomic E-state index is 0.111. The summed E-state index contributed by atoms with van der Waals surface area (Å²) in [6.07, 6.45) is 1.80. The summed E-state index contributed by atoms with van der Waals surface area (Å²) in [5, 5.41) is 7.87. The molecule has 7 heteroatoms. The maximum atomic E-state index is 12.8. The lowest BCUT2D eigenvalue weighted by Crippen LogP contribution is -2.44. The third-order valence-corrected chi connectivity index (χ3v) is 6.51. The fourth-order valence-electron chi connectivity index (χ4n) is 3.92. The number of ether oxygens (including phenoxy) is 1. The number of thiophene rings is 1. The van der Waals surface area contributed by atoms with Gasteiger partial charge in [-0.3, -0.25) is 14.5 Å². The summed E-state index contributed by atoms with van der Waals surface area (Å²) in [4.78, 5) is 28.1. The number of benzene rings is 2. The first-order valence-electron chi connectivity index (χ1n) is 10.7. The largest absolute Gasteiger partial charge is 0.496 e. The Bertz CT molecular complexity index is 1060. The lowest BCUT2D eigenvalue weighted by atomic mass is 10.0. The maximum Gasteiger partial charge on any atom is 0.265 e. The number of carbonyl (C=O) groups excluding carboxylic acids is 2. The van der Waals surface area contributed by atoms with Gasteiger partial charge in [-0.1, -0.05) is 30.3 Å².